The molecule has 1 N–H and O–H groups in total. The zero-order valence-electron chi connectivity index (χ0n) is 12.8. The minimum Gasteiger partial charge on any atom is -0.496 e. The highest BCUT2D eigenvalue weighted by Gasteiger charge is 2.17. The van der Waals surface area contributed by atoms with Gasteiger partial charge < -0.3 is 10.1 Å². The van der Waals surface area contributed by atoms with E-state index in [9.17, 15) is 0 Å². The zero-order valence-corrected chi connectivity index (χ0v) is 13.6. The third-order valence-corrected chi connectivity index (χ3v) is 4.01. The topological polar surface area (TPSA) is 34.1 Å². The van der Waals surface area contributed by atoms with E-state index < -0.39 is 0 Å². The van der Waals surface area contributed by atoms with Crippen molar-refractivity contribution >= 4 is 17.0 Å². The molecule has 20 heavy (non-hydrogen) atoms. The summed E-state index contributed by atoms with van der Waals surface area (Å²) in [5.74, 6) is 0.916. The highest BCUT2D eigenvalue weighted by molar-refractivity contribution is 7.09. The molecular formula is C16H22N2OS. The highest BCUT2D eigenvalue weighted by Crippen LogP contribution is 2.25. The maximum atomic E-state index is 5.27. The van der Waals surface area contributed by atoms with Crippen LogP contribution in [0.2, 0.25) is 0 Å². The van der Waals surface area contributed by atoms with Gasteiger partial charge in [-0.2, -0.15) is 0 Å². The number of aromatic nitrogens is 1. The number of hydrogen-bond donors (Lipinski definition) is 1. The van der Waals surface area contributed by atoms with Crippen LogP contribution in [-0.4, -0.2) is 12.1 Å². The largest absolute Gasteiger partial charge is 0.496 e. The summed E-state index contributed by atoms with van der Waals surface area (Å²) in [4.78, 5) is 4.68. The van der Waals surface area contributed by atoms with Crippen LogP contribution in [0, 0.1) is 6.92 Å². The number of ether oxygens (including phenoxy) is 1. The van der Waals surface area contributed by atoms with E-state index in [0.29, 0.717) is 0 Å². The van der Waals surface area contributed by atoms with Crippen LogP contribution in [0.1, 0.15) is 37.0 Å². The van der Waals surface area contributed by atoms with E-state index in [0.717, 1.165) is 34.2 Å². The quantitative estimate of drug-likeness (QED) is 0.908. The number of rotatable bonds is 4. The van der Waals surface area contributed by atoms with Gasteiger partial charge in [0, 0.05) is 16.5 Å². The molecule has 4 heteroatoms. The number of methoxy groups -OCH3 is 1. The molecule has 0 bridgehead atoms. The normalized spacial score (nSPS) is 11.4. The Balaban J connectivity index is 2.02. The molecule has 0 saturated carbocycles. The monoisotopic (exact) mass is 290 g/mol. The van der Waals surface area contributed by atoms with Gasteiger partial charge in [-0.15, -0.1) is 11.3 Å². The molecule has 1 aromatic heterocycles. The standard InChI is InChI=1S/C16H22N2OS/c1-11-8-12(6-7-13(11)19-5)17-9-15-18-14(10-20-15)16(2,3)4/h6-8,10,17H,9H2,1-5H3. The summed E-state index contributed by atoms with van der Waals surface area (Å²) >= 11 is 1.71. The molecule has 0 aliphatic rings. The average molecular weight is 290 g/mol. The molecule has 0 spiro atoms. The van der Waals surface area contributed by atoms with E-state index in [1.807, 2.05) is 19.1 Å². The Kier molecular flexibility index (Phi) is 4.33. The first-order valence-electron chi connectivity index (χ1n) is 6.73. The highest BCUT2D eigenvalue weighted by atomic mass is 32.1. The predicted molar refractivity (Wildman–Crippen MR) is 85.9 cm³/mol. The van der Waals surface area contributed by atoms with Gasteiger partial charge in [-0.25, -0.2) is 4.98 Å². The average Bonchev–Trinajstić information content (AvgIpc) is 2.85. The van der Waals surface area contributed by atoms with Gasteiger partial charge in [0.05, 0.1) is 19.3 Å². The van der Waals surface area contributed by atoms with Crippen molar-refractivity contribution in [2.24, 2.45) is 0 Å². The van der Waals surface area contributed by atoms with E-state index >= 15 is 0 Å². The maximum absolute atomic E-state index is 5.27. The minimum absolute atomic E-state index is 0.117. The van der Waals surface area contributed by atoms with Crippen LogP contribution in [0.3, 0.4) is 0 Å². The van der Waals surface area contributed by atoms with Gasteiger partial charge in [0.1, 0.15) is 10.8 Å². The van der Waals surface area contributed by atoms with E-state index in [4.69, 9.17) is 4.74 Å². The van der Waals surface area contributed by atoms with Crippen molar-refractivity contribution < 1.29 is 4.74 Å². The van der Waals surface area contributed by atoms with Crippen LogP contribution >= 0.6 is 11.3 Å². The second-order valence-corrected chi connectivity index (χ2v) is 6.86. The van der Waals surface area contributed by atoms with E-state index in [1.54, 1.807) is 18.4 Å². The Bertz CT molecular complexity index is 584. The van der Waals surface area contributed by atoms with Gasteiger partial charge in [0.2, 0.25) is 0 Å². The van der Waals surface area contributed by atoms with Crippen LogP contribution in [-0.2, 0) is 12.0 Å². The lowest BCUT2D eigenvalue weighted by atomic mass is 9.93. The number of nitrogens with zero attached hydrogens (tertiary/aromatic N) is 1. The molecule has 1 aromatic carbocycles. The summed E-state index contributed by atoms with van der Waals surface area (Å²) in [6, 6.07) is 6.11. The molecule has 0 aliphatic heterocycles. The smallest absolute Gasteiger partial charge is 0.121 e. The van der Waals surface area contributed by atoms with Crippen LogP contribution in [0.25, 0.3) is 0 Å². The van der Waals surface area contributed by atoms with Crippen molar-refractivity contribution in [1.82, 2.24) is 4.98 Å². The van der Waals surface area contributed by atoms with Crippen molar-refractivity contribution in [3.63, 3.8) is 0 Å². The molecule has 0 radical (unpaired) electrons. The van der Waals surface area contributed by atoms with Gasteiger partial charge in [-0.1, -0.05) is 20.8 Å². The summed E-state index contributed by atoms with van der Waals surface area (Å²) in [5, 5.41) is 6.67. The lowest BCUT2D eigenvalue weighted by molar-refractivity contribution is 0.412. The van der Waals surface area contributed by atoms with Crippen LogP contribution in [0.15, 0.2) is 23.6 Å². The summed E-state index contributed by atoms with van der Waals surface area (Å²) in [6.07, 6.45) is 0. The Morgan fingerprint density at radius 3 is 2.60 bits per heavy atom. The number of aryl methyl sites for hydroxylation is 1. The molecule has 0 saturated heterocycles. The molecular weight excluding hydrogens is 268 g/mol. The van der Waals surface area contributed by atoms with Gasteiger partial charge in [-0.3, -0.25) is 0 Å². The van der Waals surface area contributed by atoms with Gasteiger partial charge in [0.25, 0.3) is 0 Å². The van der Waals surface area contributed by atoms with Crippen molar-refractivity contribution in [1.29, 1.82) is 0 Å². The Morgan fingerprint density at radius 1 is 1.30 bits per heavy atom. The number of thiazole rings is 1. The molecule has 1 heterocycles. The third-order valence-electron chi connectivity index (χ3n) is 3.16. The van der Waals surface area contributed by atoms with Gasteiger partial charge in [-0.05, 0) is 30.7 Å². The molecule has 108 valence electrons. The molecule has 0 fully saturated rings. The van der Waals surface area contributed by atoms with Crippen molar-refractivity contribution in [2.45, 2.75) is 39.7 Å². The summed E-state index contributed by atoms with van der Waals surface area (Å²) < 4.78 is 5.27. The Labute approximate surface area is 125 Å². The fourth-order valence-corrected chi connectivity index (χ4v) is 2.86. The minimum atomic E-state index is 0.117. The summed E-state index contributed by atoms with van der Waals surface area (Å²) in [6.45, 7) is 9.36. The molecule has 0 atom stereocenters. The van der Waals surface area contributed by atoms with Crippen molar-refractivity contribution in [2.75, 3.05) is 12.4 Å². The number of nitrogens with one attached hydrogen (secondary N) is 1. The SMILES string of the molecule is COc1ccc(NCc2nc(C(C)(C)C)cs2)cc1C. The molecule has 0 unspecified atom stereocenters. The lowest BCUT2D eigenvalue weighted by Gasteiger charge is -2.14. The lowest BCUT2D eigenvalue weighted by Crippen LogP contribution is -2.11. The van der Waals surface area contributed by atoms with E-state index in [-0.39, 0.29) is 5.41 Å². The third kappa shape index (κ3) is 3.51. The first kappa shape index (κ1) is 14.9. The van der Waals surface area contributed by atoms with Gasteiger partial charge in [0.15, 0.2) is 0 Å². The van der Waals surface area contributed by atoms with Crippen molar-refractivity contribution in [3.8, 4) is 5.75 Å². The summed E-state index contributed by atoms with van der Waals surface area (Å²) in [7, 11) is 1.69. The van der Waals surface area contributed by atoms with Crippen LogP contribution < -0.4 is 10.1 Å². The predicted octanol–water partition coefficient (Wildman–Crippen LogP) is 4.37. The number of benzene rings is 1. The maximum Gasteiger partial charge on any atom is 0.121 e. The summed E-state index contributed by atoms with van der Waals surface area (Å²) in [5.41, 5.74) is 3.50. The fourth-order valence-electron chi connectivity index (χ4n) is 1.90. The van der Waals surface area contributed by atoms with Gasteiger partial charge >= 0.3 is 0 Å². The Morgan fingerprint density at radius 2 is 2.05 bits per heavy atom. The molecule has 0 amide bonds. The molecule has 0 aliphatic carbocycles. The second kappa shape index (κ2) is 5.83. The second-order valence-electron chi connectivity index (χ2n) is 5.91. The first-order valence-corrected chi connectivity index (χ1v) is 7.61. The Hall–Kier alpha value is -1.55. The fraction of sp³-hybridized carbons (Fsp3) is 0.438. The van der Waals surface area contributed by atoms with E-state index in [2.05, 4.69) is 42.5 Å². The molecule has 2 aromatic rings. The number of hydrogen-bond acceptors (Lipinski definition) is 4. The first-order chi connectivity index (χ1) is 9.40. The molecule has 3 nitrogen and oxygen atoms in total. The zero-order chi connectivity index (χ0) is 14.8. The van der Waals surface area contributed by atoms with Crippen LogP contribution in [0.4, 0.5) is 5.69 Å². The van der Waals surface area contributed by atoms with Crippen molar-refractivity contribution in [3.05, 3.63) is 39.8 Å². The molecule has 2 rings (SSSR count). The van der Waals surface area contributed by atoms with Crippen LogP contribution in [0.5, 0.6) is 5.75 Å². The van der Waals surface area contributed by atoms with E-state index in [1.165, 1.54) is 0 Å². The number of anilines is 1.